The molecule has 198 valence electrons. The molecule has 5 aromatic rings. The van der Waals surface area contributed by atoms with Gasteiger partial charge in [0, 0.05) is 26.9 Å². The summed E-state index contributed by atoms with van der Waals surface area (Å²) in [5, 5.41) is 9.42. The Morgan fingerprint density at radius 2 is 1.67 bits per heavy atom. The van der Waals surface area contributed by atoms with Crippen molar-refractivity contribution in [1.82, 2.24) is 9.97 Å². The molecule has 0 aliphatic heterocycles. The van der Waals surface area contributed by atoms with Gasteiger partial charge in [-0.05, 0) is 42.3 Å². The number of halogens is 1. The highest BCUT2D eigenvalue weighted by atomic mass is 35.5. The van der Waals surface area contributed by atoms with Crippen molar-refractivity contribution in [2.24, 2.45) is 0 Å². The Labute approximate surface area is 242 Å². The van der Waals surface area contributed by atoms with Crippen LogP contribution < -0.4 is 10.1 Å². The average Bonchev–Trinajstić information content (AvgIpc) is 3.57. The molecule has 3 aromatic heterocycles. The molecule has 0 aliphatic carbocycles. The molecule has 39 heavy (non-hydrogen) atoms. The summed E-state index contributed by atoms with van der Waals surface area (Å²) < 4.78 is 10.6. The maximum absolute atomic E-state index is 13.1. The van der Waals surface area contributed by atoms with E-state index in [-0.39, 0.29) is 18.3 Å². The molecule has 7 nitrogen and oxygen atoms in total. The number of carbonyl (C=O) groups excluding carboxylic acids is 2. The molecule has 0 saturated carbocycles. The SMILES string of the molecule is CCOC(=O)c1c(-c2ccc(Cl)cc2)csc1NC(=O)CSc1ncnc2scc(-c3ccc(OC)cc3)c12. The summed E-state index contributed by atoms with van der Waals surface area (Å²) in [6.07, 6.45) is 1.51. The Morgan fingerprint density at radius 1 is 0.974 bits per heavy atom. The summed E-state index contributed by atoms with van der Waals surface area (Å²) in [4.78, 5) is 35.6. The van der Waals surface area contributed by atoms with Gasteiger partial charge in [-0.1, -0.05) is 47.6 Å². The highest BCUT2D eigenvalue weighted by molar-refractivity contribution is 8.00. The number of nitrogens with zero attached hydrogens (tertiary/aromatic N) is 2. The zero-order chi connectivity index (χ0) is 27.4. The van der Waals surface area contributed by atoms with E-state index in [2.05, 4.69) is 15.3 Å². The average molecular weight is 596 g/mol. The first-order valence-corrected chi connectivity index (χ1v) is 14.9. The van der Waals surface area contributed by atoms with E-state index in [4.69, 9.17) is 21.1 Å². The molecular weight excluding hydrogens is 574 g/mol. The lowest BCUT2D eigenvalue weighted by Gasteiger charge is -2.09. The lowest BCUT2D eigenvalue weighted by atomic mass is 10.0. The topological polar surface area (TPSA) is 90.4 Å². The van der Waals surface area contributed by atoms with E-state index < -0.39 is 5.97 Å². The summed E-state index contributed by atoms with van der Waals surface area (Å²) in [6, 6.07) is 15.0. The van der Waals surface area contributed by atoms with Crippen molar-refractivity contribution in [2.75, 3.05) is 24.8 Å². The molecule has 2 aromatic carbocycles. The van der Waals surface area contributed by atoms with Crippen molar-refractivity contribution in [3.63, 3.8) is 0 Å². The monoisotopic (exact) mass is 595 g/mol. The number of carbonyl (C=O) groups is 2. The fourth-order valence-corrected chi connectivity index (χ4v) is 6.83. The fourth-order valence-electron chi connectivity index (χ4n) is 3.93. The van der Waals surface area contributed by atoms with E-state index >= 15 is 0 Å². The van der Waals surface area contributed by atoms with E-state index in [0.29, 0.717) is 26.2 Å². The second kappa shape index (κ2) is 12.2. The molecular formula is C28H22ClN3O4S3. The van der Waals surface area contributed by atoms with Gasteiger partial charge >= 0.3 is 5.97 Å². The maximum Gasteiger partial charge on any atom is 0.341 e. The normalized spacial score (nSPS) is 10.9. The number of methoxy groups -OCH3 is 1. The van der Waals surface area contributed by atoms with Crippen molar-refractivity contribution >= 4 is 73.1 Å². The van der Waals surface area contributed by atoms with Gasteiger partial charge in [-0.2, -0.15) is 0 Å². The van der Waals surface area contributed by atoms with Crippen LogP contribution in [-0.4, -0.2) is 41.3 Å². The van der Waals surface area contributed by atoms with Crippen LogP contribution in [0.1, 0.15) is 17.3 Å². The minimum atomic E-state index is -0.494. The van der Waals surface area contributed by atoms with Gasteiger partial charge in [-0.25, -0.2) is 14.8 Å². The number of hydrogen-bond acceptors (Lipinski definition) is 9. The summed E-state index contributed by atoms with van der Waals surface area (Å²) >= 11 is 10.2. The highest BCUT2D eigenvalue weighted by Gasteiger charge is 2.23. The Balaban J connectivity index is 1.37. The van der Waals surface area contributed by atoms with Crippen LogP contribution in [0, 0.1) is 0 Å². The van der Waals surface area contributed by atoms with Crippen LogP contribution in [0.25, 0.3) is 32.5 Å². The van der Waals surface area contributed by atoms with E-state index in [1.165, 1.54) is 40.8 Å². The third-order valence-corrected chi connectivity index (χ3v) is 8.78. The first-order chi connectivity index (χ1) is 19.0. The Bertz CT molecular complexity index is 1630. The van der Waals surface area contributed by atoms with Gasteiger partial charge in [0.05, 0.1) is 24.9 Å². The minimum absolute atomic E-state index is 0.0977. The Kier molecular flexibility index (Phi) is 8.47. The number of aromatic nitrogens is 2. The standard InChI is InChI=1S/C28H22ClN3O4S3/c1-3-36-28(34)24-21(16-4-8-18(29)9-5-16)13-38-27(24)32-22(33)14-39-26-23-20(12-37-25(23)30-15-31-26)17-6-10-19(35-2)11-7-17/h4-13,15H,3,14H2,1-2H3,(H,32,33). The predicted molar refractivity (Wildman–Crippen MR) is 159 cm³/mol. The van der Waals surface area contributed by atoms with Crippen molar-refractivity contribution in [3.05, 3.63) is 76.2 Å². The van der Waals surface area contributed by atoms with Crippen molar-refractivity contribution in [3.8, 4) is 28.0 Å². The molecule has 5 rings (SSSR count). The van der Waals surface area contributed by atoms with E-state index in [0.717, 1.165) is 32.7 Å². The molecule has 1 amide bonds. The van der Waals surface area contributed by atoms with Crippen LogP contribution >= 0.6 is 46.0 Å². The number of fused-ring (bicyclic) bond motifs is 1. The Hall–Kier alpha value is -3.44. The number of esters is 1. The third kappa shape index (κ3) is 5.94. The summed E-state index contributed by atoms with van der Waals surface area (Å²) in [5.74, 6) is 0.117. The second-order valence-corrected chi connectivity index (χ2v) is 11.3. The van der Waals surface area contributed by atoms with Gasteiger partial charge in [0.2, 0.25) is 5.91 Å². The molecule has 0 unspecified atom stereocenters. The van der Waals surface area contributed by atoms with E-state index in [9.17, 15) is 9.59 Å². The summed E-state index contributed by atoms with van der Waals surface area (Å²) in [6.45, 7) is 1.97. The first kappa shape index (κ1) is 27.1. The van der Waals surface area contributed by atoms with Crippen LogP contribution in [0.5, 0.6) is 5.75 Å². The number of nitrogens with one attached hydrogen (secondary N) is 1. The van der Waals surface area contributed by atoms with Crippen molar-refractivity contribution in [2.45, 2.75) is 11.9 Å². The zero-order valence-corrected chi connectivity index (χ0v) is 24.1. The Morgan fingerprint density at radius 3 is 2.38 bits per heavy atom. The molecule has 0 saturated heterocycles. The van der Waals surface area contributed by atoms with E-state index in [1.54, 1.807) is 26.2 Å². The van der Waals surface area contributed by atoms with Gasteiger partial charge in [0.15, 0.2) is 0 Å². The molecule has 3 heterocycles. The minimum Gasteiger partial charge on any atom is -0.497 e. The highest BCUT2D eigenvalue weighted by Crippen LogP contribution is 2.39. The van der Waals surface area contributed by atoms with Crippen molar-refractivity contribution in [1.29, 1.82) is 0 Å². The van der Waals surface area contributed by atoms with Crippen LogP contribution in [-0.2, 0) is 9.53 Å². The number of amides is 1. The number of thioether (sulfide) groups is 1. The smallest absolute Gasteiger partial charge is 0.341 e. The van der Waals surface area contributed by atoms with Crippen LogP contribution in [0.2, 0.25) is 5.02 Å². The molecule has 0 atom stereocenters. The van der Waals surface area contributed by atoms with Crippen LogP contribution in [0.15, 0.2) is 70.6 Å². The molecule has 0 bridgehead atoms. The van der Waals surface area contributed by atoms with Gasteiger partial charge in [0.25, 0.3) is 0 Å². The molecule has 0 fully saturated rings. The lowest BCUT2D eigenvalue weighted by Crippen LogP contribution is -2.16. The van der Waals surface area contributed by atoms with Crippen LogP contribution in [0.4, 0.5) is 5.00 Å². The number of hydrogen-bond donors (Lipinski definition) is 1. The molecule has 1 N–H and O–H groups in total. The largest absolute Gasteiger partial charge is 0.497 e. The quantitative estimate of drug-likeness (QED) is 0.106. The third-order valence-electron chi connectivity index (χ3n) is 5.76. The lowest BCUT2D eigenvalue weighted by molar-refractivity contribution is -0.113. The van der Waals surface area contributed by atoms with Gasteiger partial charge < -0.3 is 14.8 Å². The maximum atomic E-state index is 13.1. The number of anilines is 1. The number of ether oxygens (including phenoxy) is 2. The molecule has 0 aliphatic rings. The predicted octanol–water partition coefficient (Wildman–Crippen LogP) is 7.66. The molecule has 0 spiro atoms. The summed E-state index contributed by atoms with van der Waals surface area (Å²) in [5.41, 5.74) is 3.82. The first-order valence-electron chi connectivity index (χ1n) is 11.8. The number of thiophene rings is 2. The van der Waals surface area contributed by atoms with Gasteiger partial charge in [0.1, 0.15) is 32.5 Å². The number of rotatable bonds is 9. The molecule has 0 radical (unpaired) electrons. The van der Waals surface area contributed by atoms with Gasteiger partial charge in [-0.15, -0.1) is 22.7 Å². The number of benzene rings is 2. The molecule has 11 heteroatoms. The zero-order valence-electron chi connectivity index (χ0n) is 20.9. The van der Waals surface area contributed by atoms with E-state index in [1.807, 2.05) is 47.2 Å². The van der Waals surface area contributed by atoms with Crippen LogP contribution in [0.3, 0.4) is 0 Å². The fraction of sp³-hybridized carbons (Fsp3) is 0.143. The summed E-state index contributed by atoms with van der Waals surface area (Å²) in [7, 11) is 1.63. The van der Waals surface area contributed by atoms with Gasteiger partial charge in [-0.3, -0.25) is 4.79 Å². The second-order valence-electron chi connectivity index (χ2n) is 8.15. The van der Waals surface area contributed by atoms with Crippen molar-refractivity contribution < 1.29 is 19.1 Å².